The molecule has 5 heteroatoms. The molecule has 2 heterocycles. The van der Waals surface area contributed by atoms with Crippen LogP contribution in [-0.4, -0.2) is 27.6 Å². The maximum atomic E-state index is 10.9. The molecule has 1 aromatic rings. The van der Waals surface area contributed by atoms with Crippen molar-refractivity contribution in [3.63, 3.8) is 0 Å². The topological polar surface area (TPSA) is 79.5 Å². The van der Waals surface area contributed by atoms with Crippen LogP contribution in [0.4, 0.5) is 10.6 Å². The highest BCUT2D eigenvalue weighted by Crippen LogP contribution is 2.26. The van der Waals surface area contributed by atoms with Crippen molar-refractivity contribution < 1.29 is 9.90 Å². The fourth-order valence-electron chi connectivity index (χ4n) is 1.60. The number of rotatable bonds is 1. The number of carbonyl (C=O) groups is 1. The Morgan fingerprint density at radius 2 is 2.40 bits per heavy atom. The molecule has 1 unspecified atom stereocenters. The summed E-state index contributed by atoms with van der Waals surface area (Å²) in [5.74, 6) is 0.433. The van der Waals surface area contributed by atoms with Gasteiger partial charge in [-0.2, -0.15) is 0 Å². The van der Waals surface area contributed by atoms with Crippen LogP contribution in [0.2, 0.25) is 0 Å². The van der Waals surface area contributed by atoms with E-state index >= 15 is 0 Å². The minimum atomic E-state index is -0.929. The first-order chi connectivity index (χ1) is 7.18. The number of nitrogen functional groups attached to an aromatic ring is 1. The average Bonchev–Trinajstić information content (AvgIpc) is 2.67. The number of pyridine rings is 1. The highest BCUT2D eigenvalue weighted by Gasteiger charge is 2.25. The predicted molar refractivity (Wildman–Crippen MR) is 55.3 cm³/mol. The van der Waals surface area contributed by atoms with Crippen molar-refractivity contribution in [1.82, 2.24) is 9.88 Å². The highest BCUT2D eigenvalue weighted by molar-refractivity contribution is 5.67. The predicted octanol–water partition coefficient (Wildman–Crippen LogP) is 1.25. The van der Waals surface area contributed by atoms with Gasteiger partial charge in [-0.1, -0.05) is 18.2 Å². The van der Waals surface area contributed by atoms with Gasteiger partial charge < -0.3 is 10.8 Å². The lowest BCUT2D eigenvalue weighted by Crippen LogP contribution is -2.29. The first-order valence-corrected chi connectivity index (χ1v) is 4.56. The fourth-order valence-corrected chi connectivity index (χ4v) is 1.60. The summed E-state index contributed by atoms with van der Waals surface area (Å²) in [7, 11) is 0. The van der Waals surface area contributed by atoms with Gasteiger partial charge in [-0.15, -0.1) is 0 Å². The highest BCUT2D eigenvalue weighted by atomic mass is 16.4. The Kier molecular flexibility index (Phi) is 2.29. The van der Waals surface area contributed by atoms with Crippen LogP contribution in [-0.2, 0) is 0 Å². The molecule has 0 saturated heterocycles. The third-order valence-electron chi connectivity index (χ3n) is 2.35. The molecular weight excluding hydrogens is 194 g/mol. The number of hydrogen-bond donors (Lipinski definition) is 2. The molecule has 5 nitrogen and oxygen atoms in total. The van der Waals surface area contributed by atoms with E-state index in [0.717, 1.165) is 5.56 Å². The van der Waals surface area contributed by atoms with Gasteiger partial charge in [-0.3, -0.25) is 4.90 Å². The number of amides is 1. The number of aromatic nitrogens is 1. The number of nitrogens with two attached hydrogens (primary N) is 1. The lowest BCUT2D eigenvalue weighted by molar-refractivity contribution is 0.144. The van der Waals surface area contributed by atoms with E-state index in [1.807, 2.05) is 12.2 Å². The van der Waals surface area contributed by atoms with Crippen molar-refractivity contribution in [2.24, 2.45) is 0 Å². The van der Waals surface area contributed by atoms with Crippen LogP contribution in [0.15, 0.2) is 30.5 Å². The van der Waals surface area contributed by atoms with Crippen molar-refractivity contribution in [2.75, 3.05) is 12.3 Å². The zero-order chi connectivity index (χ0) is 10.8. The van der Waals surface area contributed by atoms with Gasteiger partial charge in [-0.05, 0) is 11.6 Å². The van der Waals surface area contributed by atoms with Crippen molar-refractivity contribution in [3.05, 3.63) is 36.0 Å². The van der Waals surface area contributed by atoms with E-state index in [4.69, 9.17) is 10.8 Å². The Labute approximate surface area is 86.8 Å². The lowest BCUT2D eigenvalue weighted by Gasteiger charge is -2.21. The van der Waals surface area contributed by atoms with Crippen LogP contribution in [0.25, 0.3) is 0 Å². The molecular formula is C10H11N3O2. The summed E-state index contributed by atoms with van der Waals surface area (Å²) >= 11 is 0. The third-order valence-corrected chi connectivity index (χ3v) is 2.35. The van der Waals surface area contributed by atoms with Gasteiger partial charge in [-0.25, -0.2) is 9.78 Å². The number of carboxylic acid groups (broad SMARTS) is 1. The minimum Gasteiger partial charge on any atom is -0.465 e. The van der Waals surface area contributed by atoms with Gasteiger partial charge in [0.25, 0.3) is 0 Å². The Morgan fingerprint density at radius 1 is 1.60 bits per heavy atom. The maximum absolute atomic E-state index is 10.9. The van der Waals surface area contributed by atoms with Gasteiger partial charge in [0, 0.05) is 12.7 Å². The Bertz CT molecular complexity index is 400. The molecule has 0 aliphatic carbocycles. The summed E-state index contributed by atoms with van der Waals surface area (Å²) in [6.07, 6.45) is 4.35. The normalized spacial score (nSPS) is 19.5. The Morgan fingerprint density at radius 3 is 3.00 bits per heavy atom. The van der Waals surface area contributed by atoms with E-state index in [9.17, 15) is 4.79 Å². The van der Waals surface area contributed by atoms with Crippen LogP contribution < -0.4 is 5.73 Å². The van der Waals surface area contributed by atoms with Crippen molar-refractivity contribution in [3.8, 4) is 0 Å². The van der Waals surface area contributed by atoms with E-state index in [-0.39, 0.29) is 6.04 Å². The van der Waals surface area contributed by atoms with Gasteiger partial charge in [0.05, 0.1) is 6.04 Å². The Hall–Kier alpha value is -2.04. The number of anilines is 1. The number of hydrogen-bond acceptors (Lipinski definition) is 3. The van der Waals surface area contributed by atoms with Gasteiger partial charge in [0.2, 0.25) is 0 Å². The van der Waals surface area contributed by atoms with Crippen molar-refractivity contribution >= 4 is 11.9 Å². The fraction of sp³-hybridized carbons (Fsp3) is 0.200. The molecule has 1 aliphatic rings. The summed E-state index contributed by atoms with van der Waals surface area (Å²) in [6, 6.07) is 3.22. The van der Waals surface area contributed by atoms with Crippen LogP contribution in [0.5, 0.6) is 0 Å². The second-order valence-electron chi connectivity index (χ2n) is 3.32. The largest absolute Gasteiger partial charge is 0.465 e. The van der Waals surface area contributed by atoms with E-state index < -0.39 is 6.09 Å². The van der Waals surface area contributed by atoms with Crippen LogP contribution in [0.3, 0.4) is 0 Å². The van der Waals surface area contributed by atoms with E-state index in [1.54, 1.807) is 18.3 Å². The van der Waals surface area contributed by atoms with Crippen LogP contribution in [0.1, 0.15) is 11.6 Å². The van der Waals surface area contributed by atoms with Crippen molar-refractivity contribution in [2.45, 2.75) is 6.04 Å². The summed E-state index contributed by atoms with van der Waals surface area (Å²) in [6.45, 7) is 0.421. The zero-order valence-electron chi connectivity index (χ0n) is 8.00. The van der Waals surface area contributed by atoms with E-state index in [1.165, 1.54) is 4.90 Å². The molecule has 15 heavy (non-hydrogen) atoms. The molecule has 1 atom stereocenters. The van der Waals surface area contributed by atoms with Gasteiger partial charge >= 0.3 is 6.09 Å². The molecule has 78 valence electrons. The second kappa shape index (κ2) is 3.61. The van der Waals surface area contributed by atoms with Gasteiger partial charge in [0.15, 0.2) is 0 Å². The Balaban J connectivity index is 2.26. The average molecular weight is 205 g/mol. The summed E-state index contributed by atoms with van der Waals surface area (Å²) in [5, 5.41) is 8.94. The second-order valence-corrected chi connectivity index (χ2v) is 3.32. The zero-order valence-corrected chi connectivity index (χ0v) is 8.00. The minimum absolute atomic E-state index is 0.240. The monoisotopic (exact) mass is 205 g/mol. The molecule has 2 rings (SSSR count). The third kappa shape index (κ3) is 1.76. The lowest BCUT2D eigenvalue weighted by atomic mass is 10.1. The molecule has 0 spiro atoms. The molecule has 0 saturated carbocycles. The summed E-state index contributed by atoms with van der Waals surface area (Å²) in [5.41, 5.74) is 6.29. The standard InChI is InChI=1S/C10H11N3O2/c11-9-4-3-7(6-12-9)8-2-1-5-13(8)10(14)15/h1-4,6,8H,5H2,(H2,11,12)(H,14,15). The molecule has 0 aromatic carbocycles. The molecule has 0 bridgehead atoms. The first-order valence-electron chi connectivity index (χ1n) is 4.56. The van der Waals surface area contributed by atoms with Crippen molar-refractivity contribution in [1.29, 1.82) is 0 Å². The quantitative estimate of drug-likeness (QED) is 0.676. The molecule has 1 aromatic heterocycles. The first kappa shape index (κ1) is 9.51. The summed E-state index contributed by atoms with van der Waals surface area (Å²) < 4.78 is 0. The van der Waals surface area contributed by atoms with E-state index in [0.29, 0.717) is 12.4 Å². The van der Waals surface area contributed by atoms with Gasteiger partial charge in [0.1, 0.15) is 5.82 Å². The van der Waals surface area contributed by atoms with Crippen LogP contribution in [0, 0.1) is 0 Å². The maximum Gasteiger partial charge on any atom is 0.408 e. The molecule has 1 amide bonds. The van der Waals surface area contributed by atoms with Crippen LogP contribution >= 0.6 is 0 Å². The molecule has 0 radical (unpaired) electrons. The summed E-state index contributed by atoms with van der Waals surface area (Å²) in [4.78, 5) is 16.2. The smallest absolute Gasteiger partial charge is 0.408 e. The van der Waals surface area contributed by atoms with E-state index in [2.05, 4.69) is 4.98 Å². The number of nitrogens with zero attached hydrogens (tertiary/aromatic N) is 2. The molecule has 0 fully saturated rings. The SMILES string of the molecule is Nc1ccc(C2C=CCN2C(=O)O)cn1. The molecule has 3 N–H and O–H groups in total. The molecule has 1 aliphatic heterocycles.